The third-order valence-electron chi connectivity index (χ3n) is 3.93. The van der Waals surface area contributed by atoms with Gasteiger partial charge in [-0.1, -0.05) is 17.7 Å². The van der Waals surface area contributed by atoms with Crippen molar-refractivity contribution in [1.82, 2.24) is 9.97 Å². The summed E-state index contributed by atoms with van der Waals surface area (Å²) in [5, 5.41) is 3.31. The third kappa shape index (κ3) is 3.78. The van der Waals surface area contributed by atoms with Gasteiger partial charge in [0.2, 0.25) is 0 Å². The van der Waals surface area contributed by atoms with Gasteiger partial charge >= 0.3 is 0 Å². The van der Waals surface area contributed by atoms with Crippen LogP contribution >= 0.6 is 11.6 Å². The number of nitrogens with one attached hydrogen (secondary N) is 2. The predicted molar refractivity (Wildman–Crippen MR) is 99.2 cm³/mol. The van der Waals surface area contributed by atoms with Crippen molar-refractivity contribution in [3.8, 4) is 11.4 Å². The second kappa shape index (κ2) is 6.91. The maximum Gasteiger partial charge on any atom is 0.264 e. The number of aryl methyl sites for hydroxylation is 2. The summed E-state index contributed by atoms with van der Waals surface area (Å²) in [6.07, 6.45) is 1.28. The summed E-state index contributed by atoms with van der Waals surface area (Å²) in [6, 6.07) is 12.5. The Balaban J connectivity index is 1.85. The number of carbonyl (C=O) groups excluding carboxylic acids is 1. The average molecular weight is 354 g/mol. The molecule has 3 aromatic rings. The number of aromatic nitrogens is 2. The van der Waals surface area contributed by atoms with E-state index in [-0.39, 0.29) is 5.56 Å². The van der Waals surface area contributed by atoms with Crippen LogP contribution in [0.3, 0.4) is 0 Å². The smallest absolute Gasteiger partial charge is 0.264 e. The lowest BCUT2D eigenvalue weighted by molar-refractivity contribution is 0.102. The van der Waals surface area contributed by atoms with Gasteiger partial charge in [0, 0.05) is 22.5 Å². The van der Waals surface area contributed by atoms with E-state index in [1.807, 2.05) is 26.0 Å². The lowest BCUT2D eigenvalue weighted by Gasteiger charge is -2.08. The maximum absolute atomic E-state index is 12.3. The van der Waals surface area contributed by atoms with Crippen molar-refractivity contribution in [2.24, 2.45) is 0 Å². The standard InChI is InChI=1S/C19H16ClN3O2/c1-11-3-8-15(9-12(11)2)22-18(24)16-10-21-17(23-19(16)25)13-4-6-14(20)7-5-13/h3-10H,1-2H3,(H,22,24)(H,21,23,25). The highest BCUT2D eigenvalue weighted by Gasteiger charge is 2.13. The highest BCUT2D eigenvalue weighted by molar-refractivity contribution is 6.30. The number of halogens is 1. The molecule has 0 radical (unpaired) electrons. The number of aromatic amines is 1. The van der Waals surface area contributed by atoms with Crippen LogP contribution in [-0.4, -0.2) is 15.9 Å². The Morgan fingerprint density at radius 2 is 1.80 bits per heavy atom. The van der Waals surface area contributed by atoms with Crippen LogP contribution in [0.4, 0.5) is 5.69 Å². The Labute approximate surface area is 149 Å². The summed E-state index contributed by atoms with van der Waals surface area (Å²) >= 11 is 5.85. The zero-order valence-corrected chi connectivity index (χ0v) is 14.5. The molecule has 0 spiro atoms. The van der Waals surface area contributed by atoms with Gasteiger partial charge in [0.1, 0.15) is 11.4 Å². The molecule has 0 aliphatic rings. The van der Waals surface area contributed by atoms with Crippen LogP contribution in [0.25, 0.3) is 11.4 Å². The predicted octanol–water partition coefficient (Wildman–Crippen LogP) is 3.96. The monoisotopic (exact) mass is 353 g/mol. The second-order valence-electron chi connectivity index (χ2n) is 5.73. The molecule has 1 heterocycles. The summed E-state index contributed by atoms with van der Waals surface area (Å²) in [5.41, 5.74) is 2.99. The van der Waals surface area contributed by atoms with Crippen molar-refractivity contribution >= 4 is 23.2 Å². The van der Waals surface area contributed by atoms with Crippen LogP contribution < -0.4 is 10.9 Å². The van der Waals surface area contributed by atoms with E-state index in [1.54, 1.807) is 30.3 Å². The van der Waals surface area contributed by atoms with E-state index in [0.717, 1.165) is 11.1 Å². The zero-order chi connectivity index (χ0) is 18.0. The zero-order valence-electron chi connectivity index (χ0n) is 13.8. The van der Waals surface area contributed by atoms with E-state index in [1.165, 1.54) is 6.20 Å². The molecule has 3 rings (SSSR count). The Morgan fingerprint density at radius 1 is 1.08 bits per heavy atom. The molecule has 1 aromatic heterocycles. The molecule has 2 N–H and O–H groups in total. The van der Waals surface area contributed by atoms with Crippen molar-refractivity contribution in [2.45, 2.75) is 13.8 Å². The van der Waals surface area contributed by atoms with Crippen molar-refractivity contribution in [1.29, 1.82) is 0 Å². The summed E-state index contributed by atoms with van der Waals surface area (Å²) in [6.45, 7) is 3.95. The van der Waals surface area contributed by atoms with Gasteiger partial charge in [0.15, 0.2) is 0 Å². The number of nitrogens with zero attached hydrogens (tertiary/aromatic N) is 1. The van der Waals surface area contributed by atoms with Crippen LogP contribution in [0.2, 0.25) is 5.02 Å². The lowest BCUT2D eigenvalue weighted by Crippen LogP contribution is -2.24. The van der Waals surface area contributed by atoms with Gasteiger partial charge < -0.3 is 10.3 Å². The molecule has 0 aliphatic heterocycles. The van der Waals surface area contributed by atoms with Crippen LogP contribution in [0.1, 0.15) is 21.5 Å². The Kier molecular flexibility index (Phi) is 4.67. The fraction of sp³-hybridized carbons (Fsp3) is 0.105. The molecule has 0 unspecified atom stereocenters. The van der Waals surface area contributed by atoms with Gasteiger partial charge in [0.05, 0.1) is 0 Å². The van der Waals surface area contributed by atoms with E-state index in [4.69, 9.17) is 11.6 Å². The highest BCUT2D eigenvalue weighted by Crippen LogP contribution is 2.17. The Morgan fingerprint density at radius 3 is 2.44 bits per heavy atom. The molecule has 126 valence electrons. The molecule has 0 aliphatic carbocycles. The minimum absolute atomic E-state index is 0.0454. The maximum atomic E-state index is 12.3. The number of H-pyrrole nitrogens is 1. The van der Waals surface area contributed by atoms with Crippen molar-refractivity contribution in [3.05, 3.63) is 80.7 Å². The van der Waals surface area contributed by atoms with Gasteiger partial charge in [-0.05, 0) is 61.4 Å². The largest absolute Gasteiger partial charge is 0.322 e. The van der Waals surface area contributed by atoms with Crippen molar-refractivity contribution in [3.63, 3.8) is 0 Å². The first kappa shape index (κ1) is 16.9. The Hall–Kier alpha value is -2.92. The fourth-order valence-electron chi connectivity index (χ4n) is 2.33. The molecular weight excluding hydrogens is 338 g/mol. The Bertz CT molecular complexity index is 994. The fourth-order valence-corrected chi connectivity index (χ4v) is 2.45. The van der Waals surface area contributed by atoms with Crippen molar-refractivity contribution in [2.75, 3.05) is 5.32 Å². The number of rotatable bonds is 3. The number of benzene rings is 2. The topological polar surface area (TPSA) is 74.8 Å². The van der Waals surface area contributed by atoms with E-state index in [2.05, 4.69) is 15.3 Å². The first-order chi connectivity index (χ1) is 11.9. The van der Waals surface area contributed by atoms with E-state index >= 15 is 0 Å². The first-order valence-corrected chi connectivity index (χ1v) is 8.06. The molecule has 1 amide bonds. The molecule has 0 atom stereocenters. The van der Waals surface area contributed by atoms with Gasteiger partial charge in [-0.25, -0.2) is 4.98 Å². The number of hydrogen-bond acceptors (Lipinski definition) is 3. The van der Waals surface area contributed by atoms with Crippen LogP contribution in [0.15, 0.2) is 53.5 Å². The van der Waals surface area contributed by atoms with Gasteiger partial charge in [-0.3, -0.25) is 9.59 Å². The second-order valence-corrected chi connectivity index (χ2v) is 6.17. The minimum atomic E-state index is -0.500. The number of amides is 1. The highest BCUT2D eigenvalue weighted by atomic mass is 35.5. The minimum Gasteiger partial charge on any atom is -0.322 e. The van der Waals surface area contributed by atoms with E-state index < -0.39 is 11.5 Å². The van der Waals surface area contributed by atoms with Crippen LogP contribution in [-0.2, 0) is 0 Å². The van der Waals surface area contributed by atoms with Crippen molar-refractivity contribution < 1.29 is 4.79 Å². The molecule has 6 heteroatoms. The van der Waals surface area contributed by atoms with Gasteiger partial charge in [-0.15, -0.1) is 0 Å². The van der Waals surface area contributed by atoms with E-state index in [0.29, 0.717) is 22.1 Å². The number of anilines is 1. The van der Waals surface area contributed by atoms with Gasteiger partial charge in [-0.2, -0.15) is 0 Å². The quantitative estimate of drug-likeness (QED) is 0.748. The summed E-state index contributed by atoms with van der Waals surface area (Å²) < 4.78 is 0. The number of carbonyl (C=O) groups is 1. The molecule has 0 saturated carbocycles. The number of hydrogen-bond donors (Lipinski definition) is 2. The van der Waals surface area contributed by atoms with E-state index in [9.17, 15) is 9.59 Å². The molecule has 0 fully saturated rings. The summed E-state index contributed by atoms with van der Waals surface area (Å²) in [4.78, 5) is 31.4. The molecule has 5 nitrogen and oxygen atoms in total. The average Bonchev–Trinajstić information content (AvgIpc) is 2.58. The summed E-state index contributed by atoms with van der Waals surface area (Å²) in [5.74, 6) is -0.121. The van der Waals surface area contributed by atoms with Crippen LogP contribution in [0.5, 0.6) is 0 Å². The van der Waals surface area contributed by atoms with Crippen LogP contribution in [0, 0.1) is 13.8 Å². The lowest BCUT2D eigenvalue weighted by atomic mass is 10.1. The SMILES string of the molecule is Cc1ccc(NC(=O)c2cnc(-c3ccc(Cl)cc3)[nH]c2=O)cc1C. The normalized spacial score (nSPS) is 10.5. The third-order valence-corrected chi connectivity index (χ3v) is 4.18. The summed E-state index contributed by atoms with van der Waals surface area (Å²) in [7, 11) is 0. The molecular formula is C19H16ClN3O2. The molecule has 25 heavy (non-hydrogen) atoms. The molecule has 2 aromatic carbocycles. The van der Waals surface area contributed by atoms with Gasteiger partial charge in [0.25, 0.3) is 11.5 Å². The molecule has 0 saturated heterocycles. The first-order valence-electron chi connectivity index (χ1n) is 7.68. The molecule has 0 bridgehead atoms.